The van der Waals surface area contributed by atoms with Crippen LogP contribution in [0.1, 0.15) is 25.3 Å². The lowest BCUT2D eigenvalue weighted by Gasteiger charge is -2.29. The minimum Gasteiger partial charge on any atom is -0.469 e. The predicted molar refractivity (Wildman–Crippen MR) is 82.3 cm³/mol. The van der Waals surface area contributed by atoms with Crippen LogP contribution in [0, 0.1) is 4.91 Å². The van der Waals surface area contributed by atoms with E-state index in [9.17, 15) is 9.70 Å². The Kier molecular flexibility index (Phi) is 7.70. The van der Waals surface area contributed by atoms with Crippen molar-refractivity contribution < 1.29 is 19.0 Å². The van der Waals surface area contributed by atoms with Gasteiger partial charge in [0.05, 0.1) is 13.5 Å². The van der Waals surface area contributed by atoms with E-state index in [1.807, 2.05) is 37.3 Å². The van der Waals surface area contributed by atoms with Gasteiger partial charge in [0.25, 0.3) is 0 Å². The maximum atomic E-state index is 11.7. The second-order valence-corrected chi connectivity index (χ2v) is 5.06. The monoisotopic (exact) mass is 309 g/mol. The molecule has 1 aromatic carbocycles. The first-order chi connectivity index (χ1) is 10.6. The first kappa shape index (κ1) is 18.3. The van der Waals surface area contributed by atoms with Gasteiger partial charge in [-0.1, -0.05) is 35.5 Å². The number of nitrogens with zero attached hydrogens (tertiary/aromatic N) is 1. The van der Waals surface area contributed by atoms with Crippen LogP contribution in [0.2, 0.25) is 0 Å². The molecule has 22 heavy (non-hydrogen) atoms. The van der Waals surface area contributed by atoms with Crippen molar-refractivity contribution in [1.82, 2.24) is 0 Å². The Morgan fingerprint density at radius 2 is 1.95 bits per heavy atom. The second kappa shape index (κ2) is 9.27. The summed E-state index contributed by atoms with van der Waals surface area (Å²) in [6, 6.07) is 9.41. The number of nitroso groups, excluding NO2 is 1. The average Bonchev–Trinajstić information content (AvgIpc) is 2.55. The largest absolute Gasteiger partial charge is 0.469 e. The third kappa shape index (κ3) is 5.54. The molecule has 2 unspecified atom stereocenters. The van der Waals surface area contributed by atoms with Gasteiger partial charge in [-0.15, -0.1) is 0 Å². The molecule has 0 aliphatic carbocycles. The first-order valence-corrected chi connectivity index (χ1v) is 7.18. The second-order valence-electron chi connectivity index (χ2n) is 5.06. The summed E-state index contributed by atoms with van der Waals surface area (Å²) >= 11 is 0. The van der Waals surface area contributed by atoms with Crippen LogP contribution in [-0.4, -0.2) is 38.6 Å². The topological polar surface area (TPSA) is 74.2 Å². The molecule has 1 aromatic rings. The smallest absolute Gasteiger partial charge is 0.308 e. The van der Waals surface area contributed by atoms with E-state index in [1.165, 1.54) is 14.2 Å². The summed E-state index contributed by atoms with van der Waals surface area (Å²) in [6.07, 6.45) is -0.213. The van der Waals surface area contributed by atoms with Crippen LogP contribution in [0.5, 0.6) is 0 Å². The molecule has 0 aromatic heterocycles. The van der Waals surface area contributed by atoms with Crippen molar-refractivity contribution in [3.63, 3.8) is 0 Å². The van der Waals surface area contributed by atoms with Crippen molar-refractivity contribution in [3.8, 4) is 0 Å². The van der Waals surface area contributed by atoms with Crippen molar-refractivity contribution >= 4 is 5.97 Å². The quantitative estimate of drug-likeness (QED) is 0.377. The molecule has 0 saturated heterocycles. The Bertz CT molecular complexity index is 465. The Hall–Kier alpha value is -1.79. The molecule has 0 aliphatic rings. The number of carbonyl (C=O) groups excluding carboxylic acids is 1. The van der Waals surface area contributed by atoms with Crippen molar-refractivity contribution in [2.24, 2.45) is 5.18 Å². The molecule has 6 nitrogen and oxygen atoms in total. The third-order valence-corrected chi connectivity index (χ3v) is 3.43. The zero-order valence-corrected chi connectivity index (χ0v) is 13.3. The molecule has 0 spiro atoms. The van der Waals surface area contributed by atoms with E-state index in [-0.39, 0.29) is 12.8 Å². The molecule has 0 aliphatic heterocycles. The summed E-state index contributed by atoms with van der Waals surface area (Å²) in [4.78, 5) is 23.3. The highest BCUT2D eigenvalue weighted by molar-refractivity contribution is 5.70. The van der Waals surface area contributed by atoms with Gasteiger partial charge in [0, 0.05) is 26.6 Å². The number of carbonyl (C=O) groups is 1. The van der Waals surface area contributed by atoms with Crippen molar-refractivity contribution in [1.29, 1.82) is 0 Å². The summed E-state index contributed by atoms with van der Waals surface area (Å²) in [5.41, 5.74) is -0.248. The fraction of sp³-hybridized carbons (Fsp3) is 0.562. The molecule has 1 rings (SSSR count). The van der Waals surface area contributed by atoms with Crippen LogP contribution >= 0.6 is 0 Å². The maximum absolute atomic E-state index is 11.7. The van der Waals surface area contributed by atoms with E-state index >= 15 is 0 Å². The van der Waals surface area contributed by atoms with Crippen LogP contribution in [0.3, 0.4) is 0 Å². The van der Waals surface area contributed by atoms with E-state index in [4.69, 9.17) is 14.2 Å². The normalized spacial score (nSPS) is 14.9. The molecule has 0 saturated carbocycles. The van der Waals surface area contributed by atoms with Gasteiger partial charge in [-0.2, -0.15) is 4.91 Å². The van der Waals surface area contributed by atoms with E-state index in [0.717, 1.165) is 5.56 Å². The molecular weight excluding hydrogens is 286 g/mol. The van der Waals surface area contributed by atoms with E-state index < -0.39 is 17.8 Å². The highest BCUT2D eigenvalue weighted by Gasteiger charge is 2.38. The summed E-state index contributed by atoms with van der Waals surface area (Å²) in [6.45, 7) is 2.27. The van der Waals surface area contributed by atoms with E-state index in [1.54, 1.807) is 0 Å². The van der Waals surface area contributed by atoms with Crippen LogP contribution < -0.4 is 0 Å². The highest BCUT2D eigenvalue weighted by Crippen LogP contribution is 2.29. The molecule has 0 fully saturated rings. The molecular formula is C16H23NO5. The fourth-order valence-electron chi connectivity index (χ4n) is 2.33. The van der Waals surface area contributed by atoms with Crippen molar-refractivity contribution in [2.75, 3.05) is 20.8 Å². The zero-order chi connectivity index (χ0) is 16.4. The lowest BCUT2D eigenvalue weighted by atomic mass is 9.85. The van der Waals surface area contributed by atoms with Crippen molar-refractivity contribution in [3.05, 3.63) is 40.8 Å². The molecule has 0 amide bonds. The van der Waals surface area contributed by atoms with Crippen molar-refractivity contribution in [2.45, 2.75) is 38.0 Å². The Morgan fingerprint density at radius 1 is 1.27 bits per heavy atom. The number of hydrogen-bond donors (Lipinski definition) is 0. The van der Waals surface area contributed by atoms with E-state index in [0.29, 0.717) is 13.0 Å². The molecule has 0 radical (unpaired) electrons. The van der Waals surface area contributed by atoms with Crippen LogP contribution in [0.4, 0.5) is 0 Å². The molecule has 6 heteroatoms. The average molecular weight is 309 g/mol. The number of ether oxygens (including phenoxy) is 3. The zero-order valence-electron chi connectivity index (χ0n) is 13.3. The van der Waals surface area contributed by atoms with Gasteiger partial charge >= 0.3 is 5.97 Å². The van der Waals surface area contributed by atoms with Crippen LogP contribution in [0.25, 0.3) is 0 Å². The molecule has 0 bridgehead atoms. The molecule has 0 heterocycles. The first-order valence-electron chi connectivity index (χ1n) is 7.18. The number of methoxy groups -OCH3 is 2. The van der Waals surface area contributed by atoms with Gasteiger partial charge in [0.1, 0.15) is 5.54 Å². The van der Waals surface area contributed by atoms with Gasteiger partial charge in [0.2, 0.25) is 0 Å². The van der Waals surface area contributed by atoms with Gasteiger partial charge < -0.3 is 14.2 Å². The Labute approximate surface area is 130 Å². The predicted octanol–water partition coefficient (Wildman–Crippen LogP) is 2.70. The number of hydrogen-bond acceptors (Lipinski definition) is 6. The minimum absolute atomic E-state index is 0.116. The Balaban J connectivity index is 2.99. The lowest BCUT2D eigenvalue weighted by molar-refractivity contribution is -0.147. The number of rotatable bonds is 10. The highest BCUT2D eigenvalue weighted by atomic mass is 16.7. The summed E-state index contributed by atoms with van der Waals surface area (Å²) in [5, 5.41) is 3.26. The number of benzene rings is 1. The van der Waals surface area contributed by atoms with Gasteiger partial charge in [0.15, 0.2) is 6.29 Å². The van der Waals surface area contributed by atoms with Crippen LogP contribution in [0.15, 0.2) is 35.5 Å². The molecule has 0 N–H and O–H groups in total. The summed E-state index contributed by atoms with van der Waals surface area (Å²) < 4.78 is 15.4. The fourth-order valence-corrected chi connectivity index (χ4v) is 2.33. The van der Waals surface area contributed by atoms with Gasteiger partial charge in [-0.3, -0.25) is 4.79 Å². The van der Waals surface area contributed by atoms with Gasteiger partial charge in [-0.05, 0) is 12.5 Å². The lowest BCUT2D eigenvalue weighted by Crippen LogP contribution is -2.38. The molecule has 122 valence electrons. The SMILES string of the molecule is CCOC(CC(CC(=O)OC)(Cc1ccccc1)N=O)OC. The summed E-state index contributed by atoms with van der Waals surface area (Å²) in [5.74, 6) is -0.484. The number of esters is 1. The molecule has 2 atom stereocenters. The maximum Gasteiger partial charge on any atom is 0.308 e. The van der Waals surface area contributed by atoms with Gasteiger partial charge in [-0.25, -0.2) is 0 Å². The van der Waals surface area contributed by atoms with Crippen LogP contribution in [-0.2, 0) is 25.4 Å². The van der Waals surface area contributed by atoms with E-state index in [2.05, 4.69) is 5.18 Å². The Morgan fingerprint density at radius 3 is 2.45 bits per heavy atom. The third-order valence-electron chi connectivity index (χ3n) is 3.43. The standard InChI is InChI=1S/C16H23NO5/c1-4-22-15(21-3)12-16(17-19,11-14(18)20-2)10-13-8-6-5-7-9-13/h5-9,15H,4,10-12H2,1-3H3. The summed E-state index contributed by atoms with van der Waals surface area (Å²) in [7, 11) is 2.79. The minimum atomic E-state index is -1.16.